The number of hydrogen-bond acceptors (Lipinski definition) is 7. The van der Waals surface area contributed by atoms with Crippen LogP contribution in [0.4, 0.5) is 5.82 Å². The molecular formula is C26H35N7O3. The van der Waals surface area contributed by atoms with Gasteiger partial charge in [0.25, 0.3) is 11.8 Å². The topological polar surface area (TPSA) is 115 Å². The van der Waals surface area contributed by atoms with Gasteiger partial charge < -0.3 is 25.5 Å². The molecule has 1 atom stereocenters. The highest BCUT2D eigenvalue weighted by atomic mass is 16.3. The van der Waals surface area contributed by atoms with Crippen molar-refractivity contribution in [2.45, 2.75) is 32.9 Å². The number of carbonyl (C=O) groups is 2. The van der Waals surface area contributed by atoms with Gasteiger partial charge in [0.05, 0.1) is 24.4 Å². The lowest BCUT2D eigenvalue weighted by Crippen LogP contribution is -2.44. The van der Waals surface area contributed by atoms with E-state index in [1.54, 1.807) is 28.9 Å². The summed E-state index contributed by atoms with van der Waals surface area (Å²) in [4.78, 5) is 39.3. The zero-order valence-electron chi connectivity index (χ0n) is 21.1. The van der Waals surface area contributed by atoms with Gasteiger partial charge in [-0.15, -0.1) is 0 Å². The number of rotatable bonds is 9. The maximum atomic E-state index is 13.0. The molecule has 3 N–H and O–H groups in total. The van der Waals surface area contributed by atoms with E-state index in [9.17, 15) is 14.7 Å². The SMILES string of the molecule is CC(C)C[C@@H](CO)NC(=O)c1cnc2c(C(=O)NCc3ccc(N4CCN(C)CC4)nc3)cccn12. The number of fused-ring (bicyclic) bond motifs is 1. The Morgan fingerprint density at radius 1 is 1.06 bits per heavy atom. The van der Waals surface area contributed by atoms with E-state index in [4.69, 9.17) is 0 Å². The van der Waals surface area contributed by atoms with Gasteiger partial charge in [-0.3, -0.25) is 14.0 Å². The highest BCUT2D eigenvalue weighted by Crippen LogP contribution is 2.15. The van der Waals surface area contributed by atoms with Crippen molar-refractivity contribution in [3.05, 3.63) is 59.7 Å². The van der Waals surface area contributed by atoms with E-state index in [0.717, 1.165) is 37.6 Å². The molecule has 1 aliphatic rings. The fourth-order valence-electron chi connectivity index (χ4n) is 4.39. The zero-order chi connectivity index (χ0) is 25.7. The van der Waals surface area contributed by atoms with Gasteiger partial charge in [0.2, 0.25) is 0 Å². The van der Waals surface area contributed by atoms with Crippen LogP contribution in [0, 0.1) is 5.92 Å². The highest BCUT2D eigenvalue weighted by Gasteiger charge is 2.20. The van der Waals surface area contributed by atoms with Crippen molar-refractivity contribution in [2.75, 3.05) is 44.7 Å². The summed E-state index contributed by atoms with van der Waals surface area (Å²) >= 11 is 0. The predicted molar refractivity (Wildman–Crippen MR) is 138 cm³/mol. The Balaban J connectivity index is 1.40. The third-order valence-corrected chi connectivity index (χ3v) is 6.41. The summed E-state index contributed by atoms with van der Waals surface area (Å²) in [5, 5.41) is 15.4. The molecule has 36 heavy (non-hydrogen) atoms. The molecule has 4 heterocycles. The number of aliphatic hydroxyl groups excluding tert-OH is 1. The highest BCUT2D eigenvalue weighted by molar-refractivity contribution is 6.01. The van der Waals surface area contributed by atoms with Crippen LogP contribution in [0.5, 0.6) is 0 Å². The quantitative estimate of drug-likeness (QED) is 0.414. The molecule has 0 saturated carbocycles. The number of imidazole rings is 1. The maximum absolute atomic E-state index is 13.0. The molecule has 192 valence electrons. The first-order valence-electron chi connectivity index (χ1n) is 12.4. The molecule has 2 amide bonds. The average Bonchev–Trinajstić information content (AvgIpc) is 3.32. The normalized spacial score (nSPS) is 15.3. The second kappa shape index (κ2) is 11.5. The van der Waals surface area contributed by atoms with E-state index in [0.29, 0.717) is 35.8 Å². The number of nitrogens with one attached hydrogen (secondary N) is 2. The number of carbonyl (C=O) groups excluding carboxylic acids is 2. The van der Waals surface area contributed by atoms with Gasteiger partial charge in [-0.1, -0.05) is 19.9 Å². The van der Waals surface area contributed by atoms with E-state index in [1.165, 1.54) is 6.20 Å². The molecule has 3 aromatic heterocycles. The Hall–Kier alpha value is -3.50. The van der Waals surface area contributed by atoms with Crippen LogP contribution in [-0.2, 0) is 6.54 Å². The molecule has 1 saturated heterocycles. The molecule has 1 fully saturated rings. The first kappa shape index (κ1) is 25.6. The summed E-state index contributed by atoms with van der Waals surface area (Å²) in [7, 11) is 2.12. The number of anilines is 1. The Kier molecular flexibility index (Phi) is 8.17. The minimum absolute atomic E-state index is 0.139. The molecule has 3 aromatic rings. The number of pyridine rings is 2. The summed E-state index contributed by atoms with van der Waals surface area (Å²) < 4.78 is 1.60. The van der Waals surface area contributed by atoms with Gasteiger partial charge in [-0.25, -0.2) is 9.97 Å². The van der Waals surface area contributed by atoms with Crippen LogP contribution in [0.2, 0.25) is 0 Å². The molecule has 0 spiro atoms. The average molecular weight is 494 g/mol. The molecule has 0 bridgehead atoms. The van der Waals surface area contributed by atoms with Crippen LogP contribution in [0.3, 0.4) is 0 Å². The summed E-state index contributed by atoms with van der Waals surface area (Å²) in [6.07, 6.45) is 5.61. The number of hydrogen-bond donors (Lipinski definition) is 3. The van der Waals surface area contributed by atoms with Crippen LogP contribution in [0.15, 0.2) is 42.9 Å². The lowest BCUT2D eigenvalue weighted by molar-refractivity contribution is 0.0900. The molecule has 4 rings (SSSR count). The number of aliphatic hydroxyl groups is 1. The van der Waals surface area contributed by atoms with E-state index in [2.05, 4.69) is 37.4 Å². The number of aromatic nitrogens is 3. The fraction of sp³-hybridized carbons (Fsp3) is 0.462. The van der Waals surface area contributed by atoms with Gasteiger partial charge >= 0.3 is 0 Å². The number of likely N-dealkylation sites (N-methyl/N-ethyl adjacent to an activating group) is 1. The van der Waals surface area contributed by atoms with Gasteiger partial charge in [0.15, 0.2) is 0 Å². The van der Waals surface area contributed by atoms with Gasteiger partial charge in [0, 0.05) is 45.1 Å². The Bertz CT molecular complexity index is 1180. The van der Waals surface area contributed by atoms with Crippen molar-refractivity contribution in [3.63, 3.8) is 0 Å². The summed E-state index contributed by atoms with van der Waals surface area (Å²) in [6, 6.07) is 7.03. The lowest BCUT2D eigenvalue weighted by Gasteiger charge is -2.33. The van der Waals surface area contributed by atoms with Gasteiger partial charge in [-0.05, 0) is 43.1 Å². The van der Waals surface area contributed by atoms with Crippen LogP contribution in [0.1, 0.15) is 46.7 Å². The fourth-order valence-corrected chi connectivity index (χ4v) is 4.39. The Labute approximate surface area is 211 Å². The molecule has 0 unspecified atom stereocenters. The molecule has 0 radical (unpaired) electrons. The van der Waals surface area contributed by atoms with Crippen LogP contribution < -0.4 is 15.5 Å². The van der Waals surface area contributed by atoms with Gasteiger partial charge in [-0.2, -0.15) is 0 Å². The standard InChI is InChI=1S/C26H35N7O3/c1-18(2)13-20(17-34)30-26(36)22-16-28-24-21(5-4-8-33(22)24)25(35)29-15-19-6-7-23(27-14-19)32-11-9-31(3)10-12-32/h4-8,14,16,18,20,34H,9-13,15,17H2,1-3H3,(H,29,35)(H,30,36)/t20-/m0/s1. The number of piperazine rings is 1. The van der Waals surface area contributed by atoms with Crippen LogP contribution in [-0.4, -0.2) is 82.1 Å². The predicted octanol–water partition coefficient (Wildman–Crippen LogP) is 1.55. The summed E-state index contributed by atoms with van der Waals surface area (Å²) in [5.41, 5.74) is 1.98. The lowest BCUT2D eigenvalue weighted by atomic mass is 10.0. The van der Waals surface area contributed by atoms with Crippen molar-refractivity contribution in [3.8, 4) is 0 Å². The molecule has 1 aliphatic heterocycles. The number of nitrogens with zero attached hydrogens (tertiary/aromatic N) is 5. The minimum atomic E-state index is -0.342. The molecule has 10 nitrogen and oxygen atoms in total. The van der Waals surface area contributed by atoms with Gasteiger partial charge in [0.1, 0.15) is 17.2 Å². The van der Waals surface area contributed by atoms with Crippen molar-refractivity contribution in [1.29, 1.82) is 0 Å². The maximum Gasteiger partial charge on any atom is 0.270 e. The smallest absolute Gasteiger partial charge is 0.270 e. The molecular weight excluding hydrogens is 458 g/mol. The Morgan fingerprint density at radius 2 is 1.83 bits per heavy atom. The van der Waals surface area contributed by atoms with Crippen molar-refractivity contribution in [1.82, 2.24) is 29.9 Å². The molecule has 0 aliphatic carbocycles. The van der Waals surface area contributed by atoms with E-state index >= 15 is 0 Å². The minimum Gasteiger partial charge on any atom is -0.394 e. The molecule has 0 aromatic carbocycles. The van der Waals surface area contributed by atoms with Crippen LogP contribution in [0.25, 0.3) is 5.65 Å². The van der Waals surface area contributed by atoms with Crippen molar-refractivity contribution >= 4 is 23.3 Å². The number of amides is 2. The second-order valence-electron chi connectivity index (χ2n) is 9.74. The first-order valence-corrected chi connectivity index (χ1v) is 12.4. The third kappa shape index (κ3) is 6.00. The molecule has 10 heteroatoms. The summed E-state index contributed by atoms with van der Waals surface area (Å²) in [6.45, 7) is 8.19. The Morgan fingerprint density at radius 3 is 2.50 bits per heavy atom. The summed E-state index contributed by atoms with van der Waals surface area (Å²) in [5.74, 6) is 0.654. The zero-order valence-corrected chi connectivity index (χ0v) is 21.1. The van der Waals surface area contributed by atoms with Crippen molar-refractivity contribution in [2.24, 2.45) is 5.92 Å². The van der Waals surface area contributed by atoms with Crippen molar-refractivity contribution < 1.29 is 14.7 Å². The van der Waals surface area contributed by atoms with Crippen LogP contribution >= 0.6 is 0 Å². The van der Waals surface area contributed by atoms with E-state index in [1.807, 2.05) is 26.0 Å². The first-order chi connectivity index (χ1) is 17.4. The second-order valence-corrected chi connectivity index (χ2v) is 9.74. The van der Waals surface area contributed by atoms with E-state index < -0.39 is 0 Å². The largest absolute Gasteiger partial charge is 0.394 e. The van der Waals surface area contributed by atoms with E-state index in [-0.39, 0.29) is 24.5 Å². The third-order valence-electron chi connectivity index (χ3n) is 6.41. The monoisotopic (exact) mass is 493 g/mol.